The summed E-state index contributed by atoms with van der Waals surface area (Å²) in [5.74, 6) is 0.918. The van der Waals surface area contributed by atoms with Crippen LogP contribution >= 0.6 is 0 Å². The smallest absolute Gasteiger partial charge is 0.328 e. The molecule has 1 N–H and O–H groups in total. The lowest BCUT2D eigenvalue weighted by Gasteiger charge is -2.23. The minimum Gasteiger partial charge on any atom is -0.493 e. The fraction of sp³-hybridized carbons (Fsp3) is 0.348. The van der Waals surface area contributed by atoms with E-state index in [1.807, 2.05) is 12.1 Å². The lowest BCUT2D eigenvalue weighted by Crippen LogP contribution is -2.15. The van der Waals surface area contributed by atoms with E-state index in [4.69, 9.17) is 19.3 Å². The maximum atomic E-state index is 10.7. The van der Waals surface area contributed by atoms with Crippen LogP contribution in [-0.4, -0.2) is 31.4 Å². The molecule has 0 saturated heterocycles. The van der Waals surface area contributed by atoms with Crippen LogP contribution < -0.4 is 14.2 Å². The van der Waals surface area contributed by atoms with Gasteiger partial charge < -0.3 is 19.3 Å². The number of methoxy groups -OCH3 is 1. The molecule has 0 bridgehead atoms. The quantitative estimate of drug-likeness (QED) is 0.464. The Hall–Kier alpha value is -2.95. The van der Waals surface area contributed by atoms with Crippen molar-refractivity contribution in [2.75, 3.05) is 20.3 Å². The highest BCUT2D eigenvalue weighted by molar-refractivity contribution is 5.85. The first-order valence-electron chi connectivity index (χ1n) is 9.31. The molecule has 0 aliphatic heterocycles. The average molecular weight is 384 g/mol. The predicted octanol–water partition coefficient (Wildman–Crippen LogP) is 4.94. The fourth-order valence-electron chi connectivity index (χ4n) is 2.59. The number of ether oxygens (including phenoxy) is 3. The Morgan fingerprint density at radius 3 is 2.32 bits per heavy atom. The second-order valence-corrected chi connectivity index (χ2v) is 7.04. The predicted molar refractivity (Wildman–Crippen MR) is 110 cm³/mol. The Morgan fingerprint density at radius 1 is 1.04 bits per heavy atom. The molecule has 0 aliphatic carbocycles. The van der Waals surface area contributed by atoms with E-state index in [-0.39, 0.29) is 5.41 Å². The van der Waals surface area contributed by atoms with Gasteiger partial charge in [0.15, 0.2) is 11.5 Å². The van der Waals surface area contributed by atoms with E-state index < -0.39 is 5.97 Å². The van der Waals surface area contributed by atoms with E-state index in [1.165, 1.54) is 11.6 Å². The summed E-state index contributed by atoms with van der Waals surface area (Å²) in [6, 6.07) is 13.4. The topological polar surface area (TPSA) is 65.0 Å². The van der Waals surface area contributed by atoms with Crippen LogP contribution in [-0.2, 0) is 10.2 Å². The summed E-state index contributed by atoms with van der Waals surface area (Å²) in [6.07, 6.45) is 3.66. The normalized spacial score (nSPS) is 11.4. The monoisotopic (exact) mass is 384 g/mol. The molecule has 5 heteroatoms. The summed E-state index contributed by atoms with van der Waals surface area (Å²) >= 11 is 0. The van der Waals surface area contributed by atoms with Crippen LogP contribution in [0.2, 0.25) is 0 Å². The number of rotatable bonds is 10. The molecule has 0 unspecified atom stereocenters. The number of benzene rings is 2. The fourth-order valence-corrected chi connectivity index (χ4v) is 2.59. The average Bonchev–Trinajstić information content (AvgIpc) is 2.70. The Morgan fingerprint density at radius 2 is 1.71 bits per heavy atom. The summed E-state index contributed by atoms with van der Waals surface area (Å²) in [7, 11) is 1.56. The van der Waals surface area contributed by atoms with Gasteiger partial charge in [0, 0.05) is 6.08 Å². The third-order valence-corrected chi connectivity index (χ3v) is 4.74. The summed E-state index contributed by atoms with van der Waals surface area (Å²) in [4.78, 5) is 10.7. The van der Waals surface area contributed by atoms with Gasteiger partial charge in [0.05, 0.1) is 7.11 Å². The molecule has 0 fully saturated rings. The lowest BCUT2D eigenvalue weighted by atomic mass is 9.82. The number of carbonyl (C=O) groups is 1. The molecule has 0 radical (unpaired) electrons. The third kappa shape index (κ3) is 6.05. The molecule has 5 nitrogen and oxygen atoms in total. The zero-order chi connectivity index (χ0) is 20.6. The largest absolute Gasteiger partial charge is 0.493 e. The molecule has 2 rings (SSSR count). The van der Waals surface area contributed by atoms with Gasteiger partial charge in [-0.05, 0) is 53.3 Å². The molecular weight excluding hydrogens is 356 g/mol. The van der Waals surface area contributed by atoms with Crippen LogP contribution in [0.1, 0.15) is 38.3 Å². The van der Waals surface area contributed by atoms with E-state index in [2.05, 4.69) is 32.9 Å². The van der Waals surface area contributed by atoms with Gasteiger partial charge in [-0.1, -0.05) is 39.0 Å². The Balaban J connectivity index is 1.92. The zero-order valence-electron chi connectivity index (χ0n) is 16.9. The summed E-state index contributed by atoms with van der Waals surface area (Å²) < 4.78 is 16.8. The molecule has 0 saturated carbocycles. The first-order valence-corrected chi connectivity index (χ1v) is 9.31. The minimum absolute atomic E-state index is 0.151. The number of carboxylic acid groups (broad SMARTS) is 1. The molecule has 150 valence electrons. The number of hydrogen-bond acceptors (Lipinski definition) is 4. The van der Waals surface area contributed by atoms with Crippen LogP contribution in [0.25, 0.3) is 6.08 Å². The minimum atomic E-state index is -1.000. The number of aliphatic carboxylic acids is 1. The van der Waals surface area contributed by atoms with Crippen LogP contribution in [0.4, 0.5) is 0 Å². The van der Waals surface area contributed by atoms with Crippen molar-refractivity contribution in [3.05, 3.63) is 59.7 Å². The maximum Gasteiger partial charge on any atom is 0.328 e. The highest BCUT2D eigenvalue weighted by Gasteiger charge is 2.17. The van der Waals surface area contributed by atoms with Crippen molar-refractivity contribution < 1.29 is 24.1 Å². The van der Waals surface area contributed by atoms with E-state index in [1.54, 1.807) is 25.3 Å². The van der Waals surface area contributed by atoms with Crippen LogP contribution in [0.15, 0.2) is 48.5 Å². The number of carboxylic acids is 1. The third-order valence-electron chi connectivity index (χ3n) is 4.74. The summed E-state index contributed by atoms with van der Waals surface area (Å²) in [6.45, 7) is 7.36. The van der Waals surface area contributed by atoms with E-state index in [0.717, 1.165) is 18.2 Å². The van der Waals surface area contributed by atoms with Gasteiger partial charge in [0.1, 0.15) is 19.0 Å². The zero-order valence-corrected chi connectivity index (χ0v) is 16.9. The molecule has 0 aromatic heterocycles. The van der Waals surface area contributed by atoms with E-state index in [0.29, 0.717) is 30.3 Å². The SMILES string of the molecule is CCC(C)(C)c1ccc(OCCOc2cc(C=CC(=O)O)ccc2OC)cc1. The molecule has 0 heterocycles. The van der Waals surface area contributed by atoms with Crippen molar-refractivity contribution in [1.29, 1.82) is 0 Å². The van der Waals surface area contributed by atoms with Crippen LogP contribution in [0.5, 0.6) is 17.2 Å². The van der Waals surface area contributed by atoms with Crippen molar-refractivity contribution >= 4 is 12.0 Å². The second-order valence-electron chi connectivity index (χ2n) is 7.04. The molecule has 28 heavy (non-hydrogen) atoms. The van der Waals surface area contributed by atoms with Crippen LogP contribution in [0, 0.1) is 0 Å². The van der Waals surface area contributed by atoms with Gasteiger partial charge in [0.25, 0.3) is 0 Å². The standard InChI is InChI=1S/C23H28O5/c1-5-23(2,3)18-8-10-19(11-9-18)27-14-15-28-21-16-17(7-13-22(24)25)6-12-20(21)26-4/h6-13,16H,5,14-15H2,1-4H3,(H,24,25). The van der Waals surface area contributed by atoms with Gasteiger partial charge in [-0.25, -0.2) is 4.79 Å². The molecule has 2 aromatic rings. The van der Waals surface area contributed by atoms with Gasteiger partial charge >= 0.3 is 5.97 Å². The van der Waals surface area contributed by atoms with Crippen LogP contribution in [0.3, 0.4) is 0 Å². The molecule has 2 aromatic carbocycles. The Bertz CT molecular complexity index is 806. The highest BCUT2D eigenvalue weighted by atomic mass is 16.5. The first kappa shape index (κ1) is 21.4. The maximum absolute atomic E-state index is 10.7. The lowest BCUT2D eigenvalue weighted by molar-refractivity contribution is -0.131. The van der Waals surface area contributed by atoms with Gasteiger partial charge in [-0.2, -0.15) is 0 Å². The summed E-state index contributed by atoms with van der Waals surface area (Å²) in [5, 5.41) is 8.74. The van der Waals surface area contributed by atoms with Gasteiger partial charge in [0.2, 0.25) is 0 Å². The molecule has 0 aliphatic rings. The molecular formula is C23H28O5. The van der Waals surface area contributed by atoms with Crippen molar-refractivity contribution in [2.45, 2.75) is 32.6 Å². The molecule has 0 spiro atoms. The first-order chi connectivity index (χ1) is 13.4. The van der Waals surface area contributed by atoms with Crippen molar-refractivity contribution in [3.63, 3.8) is 0 Å². The number of hydrogen-bond donors (Lipinski definition) is 1. The van der Waals surface area contributed by atoms with Crippen molar-refractivity contribution in [2.24, 2.45) is 0 Å². The van der Waals surface area contributed by atoms with Crippen molar-refractivity contribution in [3.8, 4) is 17.2 Å². The Kier molecular flexibility index (Phi) is 7.50. The second kappa shape index (κ2) is 9.83. The van der Waals surface area contributed by atoms with E-state index in [9.17, 15) is 4.79 Å². The molecule has 0 atom stereocenters. The Labute approximate surface area is 166 Å². The highest BCUT2D eigenvalue weighted by Crippen LogP contribution is 2.29. The van der Waals surface area contributed by atoms with Gasteiger partial charge in [-0.15, -0.1) is 0 Å². The summed E-state index contributed by atoms with van der Waals surface area (Å²) in [5.41, 5.74) is 2.15. The van der Waals surface area contributed by atoms with Crippen molar-refractivity contribution in [1.82, 2.24) is 0 Å². The van der Waals surface area contributed by atoms with E-state index >= 15 is 0 Å². The van der Waals surface area contributed by atoms with Gasteiger partial charge in [-0.3, -0.25) is 0 Å². The molecule has 0 amide bonds.